The fourth-order valence-electron chi connectivity index (χ4n) is 6.82. The quantitative estimate of drug-likeness (QED) is 0.228. The van der Waals surface area contributed by atoms with Gasteiger partial charge in [-0.25, -0.2) is 21.6 Å². The second-order valence-corrected chi connectivity index (χ2v) is 17.6. The monoisotopic (exact) mass is 811 g/mol. The lowest BCUT2D eigenvalue weighted by atomic mass is 9.96. The first-order valence-electron chi connectivity index (χ1n) is 18.2. The topological polar surface area (TPSA) is 192 Å². The molecule has 18 heteroatoms. The van der Waals surface area contributed by atoms with E-state index in [0.29, 0.717) is 39.3 Å². The third kappa shape index (κ3) is 7.90. The van der Waals surface area contributed by atoms with E-state index in [4.69, 9.17) is 18.9 Å². The van der Waals surface area contributed by atoms with E-state index in [1.54, 1.807) is 30.5 Å². The Hall–Kier alpha value is -5.20. The zero-order valence-corrected chi connectivity index (χ0v) is 33.7. The molecular weight excluding hydrogens is 767 g/mol. The highest BCUT2D eigenvalue weighted by molar-refractivity contribution is 7.90. The first-order chi connectivity index (χ1) is 26.6. The van der Waals surface area contributed by atoms with Crippen molar-refractivity contribution in [3.05, 3.63) is 81.3 Å². The second-order valence-electron chi connectivity index (χ2n) is 14.1. The van der Waals surface area contributed by atoms with Gasteiger partial charge in [-0.15, -0.1) is 0 Å². The number of likely N-dealkylation sites (tertiary alicyclic amines) is 1. The van der Waals surface area contributed by atoms with Crippen molar-refractivity contribution in [2.75, 3.05) is 47.2 Å². The number of hydrogen-bond donors (Lipinski definition) is 1. The van der Waals surface area contributed by atoms with Gasteiger partial charge in [0.15, 0.2) is 18.1 Å². The van der Waals surface area contributed by atoms with Crippen LogP contribution in [-0.2, 0) is 20.0 Å². The number of amides is 2. The summed E-state index contributed by atoms with van der Waals surface area (Å²) >= 11 is 0. The zero-order chi connectivity index (χ0) is 40.5. The number of fused-ring (bicyclic) bond motifs is 3. The molecule has 0 saturated carbocycles. The molecule has 4 aromatic rings. The first kappa shape index (κ1) is 40.5. The SMILES string of the molecule is COc1cc(C(C)C)c2c(c1)S(=O)(=O)N(COc1cc(=O)n3cccc(OCCN4CCCCC4)c3n1)C2=O.COc1cc(C(C)C)c2c(c1)S(=O)(=O)NC2=O. The van der Waals surface area contributed by atoms with Gasteiger partial charge in [-0.3, -0.25) is 23.7 Å². The average molecular weight is 812 g/mol. The Morgan fingerprint density at radius 1 is 0.804 bits per heavy atom. The van der Waals surface area contributed by atoms with Crippen molar-refractivity contribution in [3.8, 4) is 23.1 Å². The number of hydrogen-bond acceptors (Lipinski definition) is 13. The third-order valence-electron chi connectivity index (χ3n) is 9.76. The van der Waals surface area contributed by atoms with Crippen LogP contribution in [0.3, 0.4) is 0 Å². The largest absolute Gasteiger partial charge is 0.497 e. The Morgan fingerprint density at radius 2 is 1.43 bits per heavy atom. The van der Waals surface area contributed by atoms with Crippen molar-refractivity contribution in [2.24, 2.45) is 0 Å². The van der Waals surface area contributed by atoms with E-state index < -0.39 is 44.2 Å². The van der Waals surface area contributed by atoms with Crippen LogP contribution in [0.2, 0.25) is 0 Å². The smallest absolute Gasteiger partial charge is 0.272 e. The summed E-state index contributed by atoms with van der Waals surface area (Å²) < 4.78 is 75.9. The lowest BCUT2D eigenvalue weighted by Crippen LogP contribution is -2.34. The summed E-state index contributed by atoms with van der Waals surface area (Å²) in [6.45, 7) is 10.2. The van der Waals surface area contributed by atoms with Gasteiger partial charge >= 0.3 is 0 Å². The highest BCUT2D eigenvalue weighted by atomic mass is 32.2. The lowest BCUT2D eigenvalue weighted by Gasteiger charge is -2.26. The standard InChI is InChI=1S/C27H32N4O7S.C11H13NO4S/c1-18(2)20-14-19(36-3)15-22-25(20)27(33)31(39(22,34)35)17-38-23-16-24(32)30-11-7-8-21(26(30)28-23)37-13-12-29-9-5-4-6-10-29;1-6(2)8-4-7(16-3)5-9-10(8)11(13)12-17(9,14)15/h7-8,11,14-16,18H,4-6,9-10,12-13,17H2,1-3H3;4-6H,1-3H3,(H,12,13). The number of piperidine rings is 1. The van der Waals surface area contributed by atoms with E-state index in [2.05, 4.69) is 9.88 Å². The van der Waals surface area contributed by atoms with Gasteiger partial charge in [-0.1, -0.05) is 34.1 Å². The molecule has 0 spiro atoms. The molecule has 2 amide bonds. The molecule has 2 aromatic carbocycles. The predicted octanol–water partition coefficient (Wildman–Crippen LogP) is 4.12. The van der Waals surface area contributed by atoms with Crippen molar-refractivity contribution in [1.82, 2.24) is 23.3 Å². The highest BCUT2D eigenvalue weighted by Gasteiger charge is 2.44. The number of carbonyl (C=O) groups excluding carboxylic acids is 2. The molecule has 0 aliphatic carbocycles. The summed E-state index contributed by atoms with van der Waals surface area (Å²) in [5.74, 6) is -0.277. The maximum absolute atomic E-state index is 13.3. The number of benzene rings is 2. The maximum atomic E-state index is 13.3. The predicted molar refractivity (Wildman–Crippen MR) is 205 cm³/mol. The average Bonchev–Trinajstić information content (AvgIpc) is 3.52. The number of nitrogens with one attached hydrogen (secondary N) is 1. The van der Waals surface area contributed by atoms with Gasteiger partial charge in [-0.05, 0) is 73.2 Å². The van der Waals surface area contributed by atoms with Crippen LogP contribution in [0.4, 0.5) is 0 Å². The molecular formula is C38H45N5O11S2. The number of methoxy groups -OCH3 is 2. The molecule has 3 aliphatic rings. The summed E-state index contributed by atoms with van der Waals surface area (Å²) in [4.78, 5) is 44.4. The van der Waals surface area contributed by atoms with Gasteiger partial charge < -0.3 is 18.9 Å². The summed E-state index contributed by atoms with van der Waals surface area (Å²) in [5.41, 5.74) is 1.39. The Bertz CT molecular complexity index is 2460. The van der Waals surface area contributed by atoms with Crippen LogP contribution in [0.25, 0.3) is 5.65 Å². The van der Waals surface area contributed by atoms with E-state index in [9.17, 15) is 31.2 Å². The molecule has 0 radical (unpaired) electrons. The van der Waals surface area contributed by atoms with Crippen LogP contribution in [0.15, 0.2) is 63.2 Å². The van der Waals surface area contributed by atoms with Crippen molar-refractivity contribution in [1.29, 1.82) is 0 Å². The summed E-state index contributed by atoms with van der Waals surface area (Å²) in [7, 11) is -5.03. The molecule has 0 atom stereocenters. The number of sulfonamides is 2. The van der Waals surface area contributed by atoms with Gasteiger partial charge in [0.25, 0.3) is 37.4 Å². The van der Waals surface area contributed by atoms with E-state index >= 15 is 0 Å². The normalized spacial score (nSPS) is 17.0. The number of ether oxygens (including phenoxy) is 4. The minimum Gasteiger partial charge on any atom is -0.497 e. The second kappa shape index (κ2) is 16.1. The molecule has 5 heterocycles. The number of nitrogens with zero attached hydrogens (tertiary/aromatic N) is 4. The van der Waals surface area contributed by atoms with E-state index in [0.717, 1.165) is 25.7 Å². The number of carbonyl (C=O) groups is 2. The van der Waals surface area contributed by atoms with E-state index in [1.807, 2.05) is 32.4 Å². The van der Waals surface area contributed by atoms with Crippen LogP contribution in [0, 0.1) is 0 Å². The van der Waals surface area contributed by atoms with Gasteiger partial charge in [-0.2, -0.15) is 9.29 Å². The van der Waals surface area contributed by atoms with Crippen molar-refractivity contribution < 1.29 is 45.4 Å². The molecule has 1 N–H and O–H groups in total. The molecule has 300 valence electrons. The van der Waals surface area contributed by atoms with Crippen LogP contribution in [0.5, 0.6) is 23.1 Å². The Kier molecular flexibility index (Phi) is 11.6. The van der Waals surface area contributed by atoms with Crippen molar-refractivity contribution >= 4 is 37.5 Å². The van der Waals surface area contributed by atoms with Crippen molar-refractivity contribution in [2.45, 2.75) is 68.6 Å². The number of pyridine rings is 1. The van der Waals surface area contributed by atoms with Crippen LogP contribution >= 0.6 is 0 Å². The fourth-order valence-corrected chi connectivity index (χ4v) is 9.50. The summed E-state index contributed by atoms with van der Waals surface area (Å²) in [5, 5.41) is 0. The van der Waals surface area contributed by atoms with Gasteiger partial charge in [0.05, 0.1) is 31.4 Å². The van der Waals surface area contributed by atoms with Gasteiger partial charge in [0.1, 0.15) is 27.9 Å². The summed E-state index contributed by atoms with van der Waals surface area (Å²) in [6.07, 6.45) is 5.18. The molecule has 1 saturated heterocycles. The summed E-state index contributed by atoms with van der Waals surface area (Å²) in [6, 6.07) is 10.6. The minimum atomic E-state index is -4.20. The number of rotatable bonds is 11. The van der Waals surface area contributed by atoms with E-state index in [1.165, 1.54) is 50.0 Å². The Morgan fingerprint density at radius 3 is 2.05 bits per heavy atom. The molecule has 2 aromatic heterocycles. The Balaban J connectivity index is 0.000000261. The maximum Gasteiger partial charge on any atom is 0.272 e. The van der Waals surface area contributed by atoms with Crippen molar-refractivity contribution in [3.63, 3.8) is 0 Å². The van der Waals surface area contributed by atoms with Crippen LogP contribution < -0.4 is 29.2 Å². The first-order valence-corrected chi connectivity index (χ1v) is 21.1. The molecule has 56 heavy (non-hydrogen) atoms. The van der Waals surface area contributed by atoms with Crippen LogP contribution in [0.1, 0.15) is 90.6 Å². The van der Waals surface area contributed by atoms with Gasteiger partial charge in [0, 0.05) is 24.9 Å². The molecule has 7 rings (SSSR count). The molecule has 0 bridgehead atoms. The highest BCUT2D eigenvalue weighted by Crippen LogP contribution is 2.39. The lowest BCUT2D eigenvalue weighted by molar-refractivity contribution is 0.0784. The number of aromatic nitrogens is 2. The molecule has 3 aliphatic heterocycles. The van der Waals surface area contributed by atoms with Crippen LogP contribution in [-0.4, -0.2) is 94.4 Å². The van der Waals surface area contributed by atoms with Gasteiger partial charge in [0.2, 0.25) is 5.88 Å². The molecule has 16 nitrogen and oxygen atoms in total. The Labute approximate surface area is 325 Å². The zero-order valence-electron chi connectivity index (χ0n) is 32.0. The molecule has 1 fully saturated rings. The van der Waals surface area contributed by atoms with E-state index in [-0.39, 0.29) is 44.3 Å². The molecule has 0 unspecified atom stereocenters. The fraction of sp³-hybridized carbons (Fsp3) is 0.421. The third-order valence-corrected chi connectivity index (χ3v) is 12.8. The minimum absolute atomic E-state index is 0.00514.